The van der Waals surface area contributed by atoms with Crippen LogP contribution in [0.25, 0.3) is 27.8 Å². The number of nitrogens with zero attached hydrogens (tertiary/aromatic N) is 3. The summed E-state index contributed by atoms with van der Waals surface area (Å²) in [5.41, 5.74) is 1.19. The fourth-order valence-corrected chi connectivity index (χ4v) is 3.86. The molecule has 150 valence electrons. The number of fused-ring (bicyclic) bond motifs is 1. The van der Waals surface area contributed by atoms with Gasteiger partial charge in [-0.1, -0.05) is 18.2 Å². The van der Waals surface area contributed by atoms with Crippen molar-refractivity contribution in [1.29, 1.82) is 0 Å². The summed E-state index contributed by atoms with van der Waals surface area (Å²) in [4.78, 5) is 28.8. The number of carbonyl (C=O) groups excluding carboxylic acids is 1. The Hall–Kier alpha value is -3.81. The lowest BCUT2D eigenvalue weighted by atomic mass is 10.1. The number of pyridine rings is 1. The maximum atomic E-state index is 14.4. The maximum absolute atomic E-state index is 14.4. The van der Waals surface area contributed by atoms with Crippen LogP contribution in [-0.4, -0.2) is 27.2 Å². The van der Waals surface area contributed by atoms with Gasteiger partial charge in [0.25, 0.3) is 5.56 Å². The smallest absolute Gasteiger partial charge is 0.259 e. The molecule has 1 amide bonds. The second-order valence-corrected chi connectivity index (χ2v) is 7.09. The predicted molar refractivity (Wildman–Crippen MR) is 109 cm³/mol. The summed E-state index contributed by atoms with van der Waals surface area (Å²) < 4.78 is 29.9. The number of aromatic nitrogens is 3. The van der Waals surface area contributed by atoms with E-state index in [0.717, 1.165) is 28.9 Å². The minimum Gasteiger partial charge on any atom is -0.328 e. The van der Waals surface area contributed by atoms with Crippen molar-refractivity contribution in [3.8, 4) is 16.9 Å². The van der Waals surface area contributed by atoms with E-state index in [-0.39, 0.29) is 22.5 Å². The van der Waals surface area contributed by atoms with Crippen molar-refractivity contribution in [2.75, 3.05) is 11.4 Å². The van der Waals surface area contributed by atoms with Crippen LogP contribution in [-0.2, 0) is 4.79 Å². The quantitative estimate of drug-likeness (QED) is 0.563. The van der Waals surface area contributed by atoms with E-state index in [4.69, 9.17) is 0 Å². The molecule has 0 bridgehead atoms. The Labute approximate surface area is 169 Å². The van der Waals surface area contributed by atoms with Gasteiger partial charge in [-0.25, -0.2) is 13.5 Å². The molecule has 2 aromatic heterocycles. The van der Waals surface area contributed by atoms with Gasteiger partial charge < -0.3 is 9.88 Å². The predicted octanol–water partition coefficient (Wildman–Crippen LogP) is 3.79. The van der Waals surface area contributed by atoms with Crippen LogP contribution in [0, 0.1) is 11.6 Å². The largest absolute Gasteiger partial charge is 0.328 e. The average molecular weight is 406 g/mol. The van der Waals surface area contributed by atoms with Crippen LogP contribution in [0.5, 0.6) is 0 Å². The van der Waals surface area contributed by atoms with Crippen LogP contribution < -0.4 is 10.5 Å². The van der Waals surface area contributed by atoms with Crippen molar-refractivity contribution in [2.24, 2.45) is 0 Å². The van der Waals surface area contributed by atoms with E-state index in [2.05, 4.69) is 10.1 Å². The van der Waals surface area contributed by atoms with Gasteiger partial charge in [0.15, 0.2) is 11.6 Å². The van der Waals surface area contributed by atoms with Crippen LogP contribution in [0.3, 0.4) is 0 Å². The third-order valence-electron chi connectivity index (χ3n) is 5.28. The summed E-state index contributed by atoms with van der Waals surface area (Å²) in [7, 11) is 0. The number of anilines is 1. The second kappa shape index (κ2) is 6.91. The number of para-hydroxylation sites is 1. The molecule has 8 heteroatoms. The fraction of sp³-hybridized carbons (Fsp3) is 0.136. The number of nitrogens with one attached hydrogen (secondary N) is 1. The van der Waals surface area contributed by atoms with Crippen molar-refractivity contribution in [2.45, 2.75) is 12.8 Å². The van der Waals surface area contributed by atoms with Crippen molar-refractivity contribution < 1.29 is 13.6 Å². The van der Waals surface area contributed by atoms with Crippen molar-refractivity contribution in [3.05, 3.63) is 76.7 Å². The number of hydrogen-bond acceptors (Lipinski definition) is 3. The Bertz CT molecular complexity index is 1320. The number of carbonyl (C=O) groups is 1. The van der Waals surface area contributed by atoms with Crippen LogP contribution in [0.2, 0.25) is 0 Å². The highest BCUT2D eigenvalue weighted by atomic mass is 19.1. The van der Waals surface area contributed by atoms with E-state index < -0.39 is 17.2 Å². The Morgan fingerprint density at radius 2 is 1.70 bits per heavy atom. The van der Waals surface area contributed by atoms with Crippen molar-refractivity contribution >= 4 is 22.5 Å². The first-order chi connectivity index (χ1) is 14.5. The van der Waals surface area contributed by atoms with Crippen LogP contribution >= 0.6 is 0 Å². The number of aromatic amines is 1. The normalized spacial score (nSPS) is 14.1. The first kappa shape index (κ1) is 18.2. The standard InChI is InChI=1S/C22H16F2N4O2/c23-15-3-1-4-16(24)21(15)28-17-10-11-25-22(30)19(17)20(26-28)13-6-8-14(9-7-13)27-12-2-5-18(27)29/h1,3-4,6-11H,2,5,12H2,(H,25,30). The molecule has 4 aromatic rings. The molecule has 0 radical (unpaired) electrons. The molecule has 1 fully saturated rings. The second-order valence-electron chi connectivity index (χ2n) is 7.09. The summed E-state index contributed by atoms with van der Waals surface area (Å²) >= 11 is 0. The highest BCUT2D eigenvalue weighted by Crippen LogP contribution is 2.31. The van der Waals surface area contributed by atoms with Crippen molar-refractivity contribution in [3.63, 3.8) is 0 Å². The zero-order valence-electron chi connectivity index (χ0n) is 15.7. The molecule has 0 spiro atoms. The van der Waals surface area contributed by atoms with Crippen LogP contribution in [0.15, 0.2) is 59.5 Å². The van der Waals surface area contributed by atoms with E-state index in [1.165, 1.54) is 12.3 Å². The molecule has 0 unspecified atom stereocenters. The summed E-state index contributed by atoms with van der Waals surface area (Å²) in [6.07, 6.45) is 2.76. The summed E-state index contributed by atoms with van der Waals surface area (Å²) in [5, 5.41) is 4.62. The van der Waals surface area contributed by atoms with Crippen LogP contribution in [0.1, 0.15) is 12.8 Å². The van der Waals surface area contributed by atoms with E-state index in [1.54, 1.807) is 35.2 Å². The monoisotopic (exact) mass is 406 g/mol. The van der Waals surface area contributed by atoms with Gasteiger partial charge in [0, 0.05) is 30.4 Å². The van der Waals surface area contributed by atoms with Gasteiger partial charge >= 0.3 is 0 Å². The fourth-order valence-electron chi connectivity index (χ4n) is 3.86. The molecule has 3 heterocycles. The minimum atomic E-state index is -0.783. The minimum absolute atomic E-state index is 0.0731. The van der Waals surface area contributed by atoms with E-state index in [1.807, 2.05) is 0 Å². The van der Waals surface area contributed by atoms with E-state index in [0.29, 0.717) is 24.2 Å². The van der Waals surface area contributed by atoms with E-state index in [9.17, 15) is 18.4 Å². The SMILES string of the molecule is O=C1CCCN1c1ccc(-c2nn(-c3c(F)cccc3F)c3cc[nH]c(=O)c23)cc1. The Balaban J connectivity index is 1.69. The molecule has 0 atom stereocenters. The highest BCUT2D eigenvalue weighted by Gasteiger charge is 2.23. The van der Waals surface area contributed by atoms with Gasteiger partial charge in [-0.15, -0.1) is 0 Å². The zero-order valence-corrected chi connectivity index (χ0v) is 15.7. The maximum Gasteiger partial charge on any atom is 0.259 e. The number of hydrogen-bond donors (Lipinski definition) is 1. The van der Waals surface area contributed by atoms with Crippen molar-refractivity contribution in [1.82, 2.24) is 14.8 Å². The van der Waals surface area contributed by atoms with Gasteiger partial charge in [-0.2, -0.15) is 5.10 Å². The molecule has 1 aliphatic rings. The number of rotatable bonds is 3. The molecule has 0 saturated carbocycles. The molecule has 1 saturated heterocycles. The number of halogens is 2. The molecule has 5 rings (SSSR count). The Morgan fingerprint density at radius 1 is 0.967 bits per heavy atom. The van der Waals surface area contributed by atoms with Gasteiger partial charge in [0.1, 0.15) is 11.4 Å². The molecule has 1 N–H and O–H groups in total. The summed E-state index contributed by atoms with van der Waals surface area (Å²) in [6.45, 7) is 0.669. The van der Waals surface area contributed by atoms with Crippen LogP contribution in [0.4, 0.5) is 14.5 Å². The number of amides is 1. The molecule has 30 heavy (non-hydrogen) atoms. The lowest BCUT2D eigenvalue weighted by Crippen LogP contribution is -2.23. The highest BCUT2D eigenvalue weighted by molar-refractivity contribution is 5.96. The first-order valence-electron chi connectivity index (χ1n) is 9.50. The molecule has 2 aromatic carbocycles. The number of benzene rings is 2. The van der Waals surface area contributed by atoms with Gasteiger partial charge in [0.2, 0.25) is 5.91 Å². The lowest BCUT2D eigenvalue weighted by molar-refractivity contribution is -0.117. The third kappa shape index (κ3) is 2.80. The summed E-state index contributed by atoms with van der Waals surface area (Å²) in [5.74, 6) is -1.49. The van der Waals surface area contributed by atoms with Gasteiger partial charge in [0.05, 0.1) is 10.9 Å². The Kier molecular flexibility index (Phi) is 4.20. The first-order valence-corrected chi connectivity index (χ1v) is 9.50. The molecular weight excluding hydrogens is 390 g/mol. The van der Waals surface area contributed by atoms with E-state index >= 15 is 0 Å². The molecule has 6 nitrogen and oxygen atoms in total. The third-order valence-corrected chi connectivity index (χ3v) is 5.28. The molecule has 0 aliphatic carbocycles. The van der Waals surface area contributed by atoms with Gasteiger partial charge in [-0.3, -0.25) is 9.59 Å². The van der Waals surface area contributed by atoms with Gasteiger partial charge in [-0.05, 0) is 36.8 Å². The lowest BCUT2D eigenvalue weighted by Gasteiger charge is -2.15. The zero-order chi connectivity index (χ0) is 20.8. The Morgan fingerprint density at radius 3 is 2.37 bits per heavy atom. The average Bonchev–Trinajstić information content (AvgIpc) is 3.33. The molecular formula is C22H16F2N4O2. The molecule has 1 aliphatic heterocycles. The summed E-state index contributed by atoms with van der Waals surface area (Å²) in [6, 6.07) is 12.2. The number of H-pyrrole nitrogens is 1. The topological polar surface area (TPSA) is 71.0 Å².